The van der Waals surface area contributed by atoms with Crippen LogP contribution in [-0.2, 0) is 24.2 Å². The zero-order chi connectivity index (χ0) is 19.8. The van der Waals surface area contributed by atoms with Gasteiger partial charge in [-0.15, -0.1) is 0 Å². The first-order chi connectivity index (χ1) is 13.6. The lowest BCUT2D eigenvalue weighted by molar-refractivity contribution is -0.129. The highest BCUT2D eigenvalue weighted by molar-refractivity contribution is 5.79. The Morgan fingerprint density at radius 1 is 0.893 bits per heavy atom. The molecule has 4 heteroatoms. The van der Waals surface area contributed by atoms with Crippen LogP contribution in [0.3, 0.4) is 0 Å². The van der Waals surface area contributed by atoms with E-state index >= 15 is 0 Å². The van der Waals surface area contributed by atoms with Crippen LogP contribution in [0.5, 0.6) is 5.75 Å². The van der Waals surface area contributed by atoms with Gasteiger partial charge in [-0.3, -0.25) is 4.79 Å². The molecule has 28 heavy (non-hydrogen) atoms. The van der Waals surface area contributed by atoms with Crippen LogP contribution < -0.4 is 4.74 Å². The zero-order valence-corrected chi connectivity index (χ0v) is 16.0. The summed E-state index contributed by atoms with van der Waals surface area (Å²) < 4.78 is 5.80. The molecule has 0 heterocycles. The Morgan fingerprint density at radius 3 is 2.18 bits per heavy atom. The van der Waals surface area contributed by atoms with Crippen LogP contribution in [-0.4, -0.2) is 17.0 Å². The van der Waals surface area contributed by atoms with E-state index in [2.05, 4.69) is 0 Å². The molecule has 4 nitrogen and oxygen atoms in total. The second-order valence-corrected chi connectivity index (χ2v) is 6.86. The third-order valence-corrected chi connectivity index (χ3v) is 4.52. The smallest absolute Gasteiger partial charge is 0.216 e. The summed E-state index contributed by atoms with van der Waals surface area (Å²) >= 11 is 0. The number of hydrogen-bond donors (Lipinski definition) is 0. The topological polar surface area (TPSA) is 52.6 Å². The highest BCUT2D eigenvalue weighted by Gasteiger charge is 2.13. The van der Waals surface area contributed by atoms with E-state index < -0.39 is 11.9 Å². The highest BCUT2D eigenvalue weighted by Crippen LogP contribution is 2.17. The number of carbonyl (C=O) groups excluding carboxylic acids is 1. The molecule has 0 aliphatic carbocycles. The predicted molar refractivity (Wildman–Crippen MR) is 111 cm³/mol. The standard InChI is InChI=1S/C24H24NO3/c1-19(15-20-9-4-2-5-10-20)25(27)24(26)17-22-13-8-14-23(16-22)28-18-21-11-6-3-7-12-21/h2-14,16,19H,15,17-18H2,1H3/q-1. The molecule has 0 fully saturated rings. The van der Waals surface area contributed by atoms with E-state index in [1.54, 1.807) is 6.92 Å². The highest BCUT2D eigenvalue weighted by atomic mass is 16.5. The summed E-state index contributed by atoms with van der Waals surface area (Å²) in [6, 6.07) is 26.5. The van der Waals surface area contributed by atoms with Gasteiger partial charge in [0, 0.05) is 6.04 Å². The van der Waals surface area contributed by atoms with Gasteiger partial charge in [0.25, 0.3) is 0 Å². The first-order valence-electron chi connectivity index (χ1n) is 9.40. The molecule has 144 valence electrons. The van der Waals surface area contributed by atoms with E-state index in [9.17, 15) is 10.0 Å². The summed E-state index contributed by atoms with van der Waals surface area (Å²) in [6.45, 7) is 2.23. The van der Waals surface area contributed by atoms with Gasteiger partial charge in [0.1, 0.15) is 12.4 Å². The van der Waals surface area contributed by atoms with Gasteiger partial charge < -0.3 is 15.0 Å². The van der Waals surface area contributed by atoms with Gasteiger partial charge in [-0.1, -0.05) is 72.8 Å². The third kappa shape index (κ3) is 5.69. The molecule has 0 aliphatic rings. The van der Waals surface area contributed by atoms with Crippen LogP contribution in [0.25, 0.3) is 0 Å². The Morgan fingerprint density at radius 2 is 1.50 bits per heavy atom. The molecular weight excluding hydrogens is 350 g/mol. The van der Waals surface area contributed by atoms with Gasteiger partial charge in [0.15, 0.2) is 0 Å². The fourth-order valence-electron chi connectivity index (χ4n) is 3.02. The molecule has 0 aliphatic heterocycles. The lowest BCUT2D eigenvalue weighted by Gasteiger charge is -2.35. The van der Waals surface area contributed by atoms with E-state index in [-0.39, 0.29) is 6.42 Å². The lowest BCUT2D eigenvalue weighted by atomic mass is 10.1. The Hall–Kier alpha value is -3.11. The summed E-state index contributed by atoms with van der Waals surface area (Å²) in [6.07, 6.45) is 0.599. The van der Waals surface area contributed by atoms with Crippen molar-refractivity contribution in [1.82, 2.24) is 5.06 Å². The maximum absolute atomic E-state index is 12.4. The van der Waals surface area contributed by atoms with Crippen molar-refractivity contribution in [1.29, 1.82) is 0 Å². The SMILES string of the molecule is CC(Cc1ccccc1)N([O-])C(=O)Cc1cccc(OCc2ccccc2)c1. The fraction of sp³-hybridized carbons (Fsp3) is 0.208. The van der Waals surface area contributed by atoms with Crippen LogP contribution in [0, 0.1) is 5.21 Å². The van der Waals surface area contributed by atoms with Crippen molar-refractivity contribution in [2.45, 2.75) is 32.4 Å². The van der Waals surface area contributed by atoms with Gasteiger partial charge in [-0.2, -0.15) is 0 Å². The van der Waals surface area contributed by atoms with Crippen molar-refractivity contribution in [3.05, 3.63) is 107 Å². The second-order valence-electron chi connectivity index (χ2n) is 6.86. The molecule has 3 aromatic carbocycles. The first kappa shape index (κ1) is 19.6. The Bertz CT molecular complexity index is 881. The minimum absolute atomic E-state index is 0.0607. The first-order valence-corrected chi connectivity index (χ1v) is 9.40. The maximum atomic E-state index is 12.4. The summed E-state index contributed by atoms with van der Waals surface area (Å²) in [5, 5.41) is 13.0. The fourth-order valence-corrected chi connectivity index (χ4v) is 3.02. The minimum atomic E-state index is -0.441. The minimum Gasteiger partial charge on any atom is -0.756 e. The summed E-state index contributed by atoms with van der Waals surface area (Å²) in [7, 11) is 0. The molecule has 1 atom stereocenters. The number of carbonyl (C=O) groups is 1. The van der Waals surface area contributed by atoms with Crippen molar-refractivity contribution < 1.29 is 9.53 Å². The number of hydrogen-bond acceptors (Lipinski definition) is 3. The van der Waals surface area contributed by atoms with Gasteiger partial charge in [-0.05, 0) is 42.2 Å². The zero-order valence-electron chi connectivity index (χ0n) is 16.0. The quantitative estimate of drug-likeness (QED) is 0.534. The molecule has 3 rings (SSSR count). The van der Waals surface area contributed by atoms with Gasteiger partial charge in [-0.25, -0.2) is 0 Å². The van der Waals surface area contributed by atoms with Gasteiger partial charge in [0.05, 0.1) is 6.42 Å². The molecule has 0 saturated carbocycles. The molecule has 0 spiro atoms. The Labute approximate surface area is 166 Å². The maximum Gasteiger partial charge on any atom is 0.216 e. The Kier molecular flexibility index (Phi) is 6.82. The monoisotopic (exact) mass is 374 g/mol. The number of benzene rings is 3. The van der Waals surface area contributed by atoms with Crippen molar-refractivity contribution in [3.8, 4) is 5.75 Å². The molecule has 0 radical (unpaired) electrons. The summed E-state index contributed by atoms with van der Waals surface area (Å²) in [5.74, 6) is 0.243. The average Bonchev–Trinajstić information content (AvgIpc) is 2.73. The molecule has 1 unspecified atom stereocenters. The van der Waals surface area contributed by atoms with Crippen molar-refractivity contribution in [2.75, 3.05) is 0 Å². The van der Waals surface area contributed by atoms with Gasteiger partial charge in [0.2, 0.25) is 5.91 Å². The second kappa shape index (κ2) is 9.72. The largest absolute Gasteiger partial charge is 0.756 e. The number of nitrogens with zero attached hydrogens (tertiary/aromatic N) is 1. The van der Waals surface area contributed by atoms with E-state index in [1.165, 1.54) is 0 Å². The number of amides is 1. The van der Waals surface area contributed by atoms with Crippen molar-refractivity contribution in [2.24, 2.45) is 0 Å². The number of hydroxylamine groups is 2. The predicted octanol–water partition coefficient (Wildman–Crippen LogP) is 4.77. The molecule has 0 bridgehead atoms. The van der Waals surface area contributed by atoms with E-state index in [0.717, 1.165) is 16.7 Å². The van der Waals surface area contributed by atoms with Crippen LogP contribution in [0.1, 0.15) is 23.6 Å². The van der Waals surface area contributed by atoms with Crippen molar-refractivity contribution >= 4 is 5.91 Å². The summed E-state index contributed by atoms with van der Waals surface area (Å²) in [5.41, 5.74) is 2.88. The molecule has 1 amide bonds. The molecule has 0 N–H and O–H groups in total. The molecule has 0 saturated heterocycles. The average molecular weight is 374 g/mol. The van der Waals surface area contributed by atoms with Crippen LogP contribution in [0.15, 0.2) is 84.9 Å². The van der Waals surface area contributed by atoms with Gasteiger partial charge >= 0.3 is 0 Å². The number of rotatable bonds is 8. The Balaban J connectivity index is 1.55. The summed E-state index contributed by atoms with van der Waals surface area (Å²) in [4.78, 5) is 12.4. The van der Waals surface area contributed by atoms with Crippen molar-refractivity contribution in [3.63, 3.8) is 0 Å². The number of ether oxygens (including phenoxy) is 1. The van der Waals surface area contributed by atoms with Crippen LogP contribution in [0.4, 0.5) is 0 Å². The lowest BCUT2D eigenvalue weighted by Crippen LogP contribution is -2.36. The van der Waals surface area contributed by atoms with E-state index in [0.29, 0.717) is 23.8 Å². The molecule has 0 aromatic heterocycles. The normalized spacial score (nSPS) is 11.6. The molecular formula is C24H24NO3-. The van der Waals surface area contributed by atoms with Crippen LogP contribution >= 0.6 is 0 Å². The van der Waals surface area contributed by atoms with E-state index in [4.69, 9.17) is 4.74 Å². The molecule has 3 aromatic rings. The van der Waals surface area contributed by atoms with E-state index in [1.807, 2.05) is 84.9 Å². The third-order valence-electron chi connectivity index (χ3n) is 4.52. The van der Waals surface area contributed by atoms with Crippen LogP contribution in [0.2, 0.25) is 0 Å².